The molecule has 0 unspecified atom stereocenters. The lowest BCUT2D eigenvalue weighted by Gasteiger charge is -2.44. The van der Waals surface area contributed by atoms with E-state index < -0.39 is 12.4 Å². The van der Waals surface area contributed by atoms with Crippen LogP contribution < -0.4 is 0 Å². The highest BCUT2D eigenvalue weighted by Crippen LogP contribution is 2.20. The first-order valence-corrected chi connectivity index (χ1v) is 9.18. The number of carbonyl (C=O) groups is 2. The van der Waals surface area contributed by atoms with E-state index in [2.05, 4.69) is 35.9 Å². The van der Waals surface area contributed by atoms with Crippen molar-refractivity contribution in [3.05, 3.63) is 65.5 Å². The molecule has 2 atom stereocenters. The molecule has 1 aromatic carbocycles. The van der Waals surface area contributed by atoms with Gasteiger partial charge in [0.2, 0.25) is 5.78 Å². The molecule has 0 spiro atoms. The van der Waals surface area contributed by atoms with Crippen molar-refractivity contribution in [2.45, 2.75) is 32.5 Å². The average molecular weight is 367 g/mol. The first-order chi connectivity index (χ1) is 13.0. The molecule has 1 aliphatic heterocycles. The Morgan fingerprint density at radius 3 is 2.30 bits per heavy atom. The van der Waals surface area contributed by atoms with Crippen molar-refractivity contribution in [2.24, 2.45) is 0 Å². The van der Waals surface area contributed by atoms with Crippen molar-refractivity contribution in [3.63, 3.8) is 0 Å². The molecule has 6 heteroatoms. The molecular weight excluding hydrogens is 342 g/mol. The van der Waals surface area contributed by atoms with Crippen molar-refractivity contribution in [1.82, 2.24) is 14.8 Å². The number of carbonyl (C=O) groups excluding carboxylic acids is 2. The molecule has 2 aromatic rings. The number of hydrogen-bond acceptors (Lipinski definition) is 5. The number of rotatable bonds is 5. The summed E-state index contributed by atoms with van der Waals surface area (Å²) in [7, 11) is 0. The van der Waals surface area contributed by atoms with E-state index in [1.165, 1.54) is 17.8 Å². The normalized spacial score (nSPS) is 20.5. The van der Waals surface area contributed by atoms with Gasteiger partial charge in [-0.1, -0.05) is 30.3 Å². The fourth-order valence-electron chi connectivity index (χ4n) is 3.58. The Balaban J connectivity index is 1.67. The summed E-state index contributed by atoms with van der Waals surface area (Å²) in [6, 6.07) is 13.9. The first kappa shape index (κ1) is 19.2. The summed E-state index contributed by atoms with van der Waals surface area (Å²) in [5, 5.41) is 8.89. The van der Waals surface area contributed by atoms with Gasteiger partial charge in [-0.3, -0.25) is 19.5 Å². The van der Waals surface area contributed by atoms with Crippen LogP contribution in [-0.4, -0.2) is 63.4 Å². The molecule has 3 rings (SSSR count). The lowest BCUT2D eigenvalue weighted by molar-refractivity contribution is 0.0269. The van der Waals surface area contributed by atoms with E-state index in [0.717, 1.165) is 6.54 Å². The van der Waals surface area contributed by atoms with E-state index in [9.17, 15) is 9.59 Å². The zero-order valence-corrected chi connectivity index (χ0v) is 15.7. The predicted octanol–water partition coefficient (Wildman–Crippen LogP) is 1.99. The van der Waals surface area contributed by atoms with E-state index >= 15 is 0 Å². The summed E-state index contributed by atoms with van der Waals surface area (Å²) in [5.41, 5.74) is 1.90. The van der Waals surface area contributed by atoms with Crippen LogP contribution in [0.2, 0.25) is 0 Å². The number of amides is 1. The maximum atomic E-state index is 12.8. The third kappa shape index (κ3) is 4.40. The first-order valence-electron chi connectivity index (χ1n) is 9.18. The van der Waals surface area contributed by atoms with Crippen LogP contribution in [0.5, 0.6) is 0 Å². The van der Waals surface area contributed by atoms with Gasteiger partial charge in [0.1, 0.15) is 12.3 Å². The number of nitrogens with zero attached hydrogens (tertiary/aromatic N) is 3. The fraction of sp³-hybridized carbons (Fsp3) is 0.381. The van der Waals surface area contributed by atoms with Crippen molar-refractivity contribution in [2.75, 3.05) is 19.7 Å². The zero-order valence-electron chi connectivity index (χ0n) is 15.7. The minimum Gasteiger partial charge on any atom is -0.388 e. The van der Waals surface area contributed by atoms with Gasteiger partial charge in [-0.25, -0.2) is 0 Å². The molecule has 1 fully saturated rings. The van der Waals surface area contributed by atoms with Gasteiger partial charge in [0, 0.05) is 37.9 Å². The Kier molecular flexibility index (Phi) is 5.98. The molecule has 1 aromatic heterocycles. The number of piperazine rings is 1. The average Bonchev–Trinajstić information content (AvgIpc) is 2.70. The second-order valence-electron chi connectivity index (χ2n) is 7.08. The molecule has 142 valence electrons. The van der Waals surface area contributed by atoms with Crippen LogP contribution in [0, 0.1) is 0 Å². The van der Waals surface area contributed by atoms with Gasteiger partial charge < -0.3 is 10.0 Å². The van der Waals surface area contributed by atoms with Crippen LogP contribution in [0.3, 0.4) is 0 Å². The lowest BCUT2D eigenvalue weighted by Crippen LogP contribution is -2.57. The van der Waals surface area contributed by atoms with E-state index in [0.29, 0.717) is 18.7 Å². The number of Topliss-reactive ketones (excluding diaryl/α,β-unsaturated/α-hetero) is 1. The Hall–Kier alpha value is -2.57. The van der Waals surface area contributed by atoms with Crippen LogP contribution in [0.1, 0.15) is 40.3 Å². The zero-order chi connectivity index (χ0) is 19.4. The molecule has 1 aliphatic rings. The second kappa shape index (κ2) is 8.41. The topological polar surface area (TPSA) is 73.7 Å². The highest BCUT2D eigenvalue weighted by atomic mass is 16.3. The van der Waals surface area contributed by atoms with Crippen LogP contribution in [-0.2, 0) is 6.54 Å². The minimum atomic E-state index is -0.585. The van der Waals surface area contributed by atoms with Crippen molar-refractivity contribution in [3.8, 4) is 0 Å². The SMILES string of the molecule is C[C@@H]1CN(C(=O)c2ccc(C(=O)CO)nc2)C[C@H](C)N1Cc1ccccc1. The number of aliphatic hydroxyl groups excluding tert-OH is 1. The molecule has 27 heavy (non-hydrogen) atoms. The van der Waals surface area contributed by atoms with Crippen LogP contribution >= 0.6 is 0 Å². The van der Waals surface area contributed by atoms with Gasteiger partial charge in [-0.2, -0.15) is 0 Å². The largest absolute Gasteiger partial charge is 0.388 e. The number of hydrogen-bond donors (Lipinski definition) is 1. The van der Waals surface area contributed by atoms with Gasteiger partial charge >= 0.3 is 0 Å². The summed E-state index contributed by atoms with van der Waals surface area (Å²) in [6.07, 6.45) is 1.41. The Labute approximate surface area is 159 Å². The fourth-order valence-corrected chi connectivity index (χ4v) is 3.58. The van der Waals surface area contributed by atoms with Crippen molar-refractivity contribution in [1.29, 1.82) is 0 Å². The smallest absolute Gasteiger partial charge is 0.255 e. The third-order valence-corrected chi connectivity index (χ3v) is 5.04. The van der Waals surface area contributed by atoms with Gasteiger partial charge in [0.15, 0.2) is 0 Å². The van der Waals surface area contributed by atoms with Crippen LogP contribution in [0.15, 0.2) is 48.7 Å². The molecule has 0 aliphatic carbocycles. The molecule has 1 saturated heterocycles. The highest BCUT2D eigenvalue weighted by Gasteiger charge is 2.32. The van der Waals surface area contributed by atoms with E-state index in [1.54, 1.807) is 6.07 Å². The standard InChI is InChI=1S/C21H25N3O3/c1-15-11-23(12-16(2)24(15)13-17-6-4-3-5-7-17)21(27)18-8-9-19(22-10-18)20(26)14-25/h3-10,15-16,25H,11-14H2,1-2H3/t15-,16+. The summed E-state index contributed by atoms with van der Waals surface area (Å²) >= 11 is 0. The molecule has 2 heterocycles. The summed E-state index contributed by atoms with van der Waals surface area (Å²) < 4.78 is 0. The van der Waals surface area contributed by atoms with E-state index in [4.69, 9.17) is 5.11 Å². The molecule has 0 bridgehead atoms. The number of aromatic nitrogens is 1. The summed E-state index contributed by atoms with van der Waals surface area (Å²) in [5.74, 6) is -0.533. The van der Waals surface area contributed by atoms with E-state index in [-0.39, 0.29) is 23.7 Å². The van der Waals surface area contributed by atoms with Gasteiger partial charge in [-0.15, -0.1) is 0 Å². The number of benzene rings is 1. The Bertz CT molecular complexity index is 780. The monoisotopic (exact) mass is 367 g/mol. The summed E-state index contributed by atoms with van der Waals surface area (Å²) in [4.78, 5) is 32.6. The predicted molar refractivity (Wildman–Crippen MR) is 102 cm³/mol. The number of pyridine rings is 1. The van der Waals surface area contributed by atoms with Crippen LogP contribution in [0.4, 0.5) is 0 Å². The maximum absolute atomic E-state index is 12.8. The molecule has 6 nitrogen and oxygen atoms in total. The highest BCUT2D eigenvalue weighted by molar-refractivity contribution is 5.97. The molecule has 1 N–H and O–H groups in total. The van der Waals surface area contributed by atoms with Crippen molar-refractivity contribution >= 4 is 11.7 Å². The second-order valence-corrected chi connectivity index (χ2v) is 7.08. The quantitative estimate of drug-likeness (QED) is 0.818. The maximum Gasteiger partial charge on any atom is 0.255 e. The van der Waals surface area contributed by atoms with Gasteiger partial charge in [-0.05, 0) is 31.5 Å². The Morgan fingerprint density at radius 1 is 1.07 bits per heavy atom. The third-order valence-electron chi connectivity index (χ3n) is 5.04. The van der Waals surface area contributed by atoms with Gasteiger partial charge in [0.25, 0.3) is 5.91 Å². The van der Waals surface area contributed by atoms with Crippen molar-refractivity contribution < 1.29 is 14.7 Å². The van der Waals surface area contributed by atoms with E-state index in [1.807, 2.05) is 23.1 Å². The molecular formula is C21H25N3O3. The molecule has 1 amide bonds. The molecule has 0 saturated carbocycles. The minimum absolute atomic E-state index is 0.0800. The van der Waals surface area contributed by atoms with Crippen LogP contribution in [0.25, 0.3) is 0 Å². The Morgan fingerprint density at radius 2 is 1.74 bits per heavy atom. The number of aliphatic hydroxyl groups is 1. The number of ketones is 1. The molecule has 0 radical (unpaired) electrons. The van der Waals surface area contributed by atoms with Gasteiger partial charge in [0.05, 0.1) is 5.56 Å². The lowest BCUT2D eigenvalue weighted by atomic mass is 10.0. The summed E-state index contributed by atoms with van der Waals surface area (Å²) in [6.45, 7) is 5.85.